The Morgan fingerprint density at radius 2 is 2.10 bits per heavy atom. The summed E-state index contributed by atoms with van der Waals surface area (Å²) in [6.07, 6.45) is 0.247. The van der Waals surface area contributed by atoms with E-state index in [2.05, 4.69) is 0 Å². The van der Waals surface area contributed by atoms with Gasteiger partial charge >= 0.3 is 0 Å². The highest BCUT2D eigenvalue weighted by molar-refractivity contribution is 6.32. The lowest BCUT2D eigenvalue weighted by Crippen LogP contribution is -2.44. The van der Waals surface area contributed by atoms with Gasteiger partial charge in [-0.25, -0.2) is 0 Å². The maximum Gasteiger partial charge on any atom is 0.254 e. The molecule has 0 aromatic heterocycles. The van der Waals surface area contributed by atoms with Crippen molar-refractivity contribution in [2.24, 2.45) is 5.92 Å². The number of rotatable bonds is 3. The number of piperidine rings is 1. The first-order chi connectivity index (χ1) is 9.97. The Bertz CT molecular complexity index is 535. The van der Waals surface area contributed by atoms with Gasteiger partial charge in [-0.3, -0.25) is 4.79 Å². The van der Waals surface area contributed by atoms with Gasteiger partial charge in [-0.05, 0) is 24.5 Å². The maximum absolute atomic E-state index is 12.6. The molecule has 1 aromatic carbocycles. The number of methoxy groups -OCH3 is 2. The van der Waals surface area contributed by atoms with Crippen LogP contribution >= 0.6 is 11.6 Å². The quantitative estimate of drug-likeness (QED) is 0.929. The minimum Gasteiger partial charge on any atom is -0.493 e. The van der Waals surface area contributed by atoms with Gasteiger partial charge < -0.3 is 19.5 Å². The number of aliphatic hydroxyl groups excluding tert-OH is 1. The highest BCUT2D eigenvalue weighted by Gasteiger charge is 2.28. The lowest BCUT2D eigenvalue weighted by Gasteiger charge is -2.34. The topological polar surface area (TPSA) is 59.0 Å². The average molecular weight is 314 g/mol. The number of carbonyl (C=O) groups is 1. The van der Waals surface area contributed by atoms with E-state index in [0.717, 1.165) is 0 Å². The summed E-state index contributed by atoms with van der Waals surface area (Å²) in [5.41, 5.74) is 0.459. The number of amides is 1. The van der Waals surface area contributed by atoms with Gasteiger partial charge in [0.2, 0.25) is 0 Å². The maximum atomic E-state index is 12.6. The molecule has 2 rings (SSSR count). The Morgan fingerprint density at radius 1 is 1.38 bits per heavy atom. The molecule has 21 heavy (non-hydrogen) atoms. The van der Waals surface area contributed by atoms with Crippen LogP contribution in [-0.4, -0.2) is 49.3 Å². The summed E-state index contributed by atoms with van der Waals surface area (Å²) in [6, 6.07) is 3.21. The van der Waals surface area contributed by atoms with Crippen LogP contribution in [0.15, 0.2) is 12.1 Å². The van der Waals surface area contributed by atoms with Crippen LogP contribution in [0.1, 0.15) is 23.7 Å². The van der Waals surface area contributed by atoms with Crippen molar-refractivity contribution in [3.63, 3.8) is 0 Å². The van der Waals surface area contributed by atoms with E-state index >= 15 is 0 Å². The summed E-state index contributed by atoms with van der Waals surface area (Å²) in [7, 11) is 3.00. The van der Waals surface area contributed by atoms with Crippen molar-refractivity contribution in [3.05, 3.63) is 22.7 Å². The molecule has 5 nitrogen and oxygen atoms in total. The lowest BCUT2D eigenvalue weighted by molar-refractivity contribution is 0.0297. The van der Waals surface area contributed by atoms with Crippen LogP contribution < -0.4 is 9.47 Å². The van der Waals surface area contributed by atoms with Crippen molar-refractivity contribution in [1.82, 2.24) is 4.90 Å². The van der Waals surface area contributed by atoms with Gasteiger partial charge in [0.25, 0.3) is 5.91 Å². The zero-order valence-corrected chi connectivity index (χ0v) is 13.2. The first kappa shape index (κ1) is 15.9. The minimum atomic E-state index is -0.344. The molecule has 1 heterocycles. The Hall–Kier alpha value is -1.46. The molecule has 1 amide bonds. The molecule has 1 aliphatic rings. The zero-order valence-electron chi connectivity index (χ0n) is 12.4. The molecule has 1 aromatic rings. The Balaban J connectivity index is 2.25. The van der Waals surface area contributed by atoms with E-state index in [9.17, 15) is 9.90 Å². The van der Waals surface area contributed by atoms with Gasteiger partial charge in [-0.15, -0.1) is 0 Å². The summed E-state index contributed by atoms with van der Waals surface area (Å²) in [5, 5.41) is 10.1. The summed E-state index contributed by atoms with van der Waals surface area (Å²) < 4.78 is 10.4. The fourth-order valence-electron chi connectivity index (χ4n) is 2.54. The second-order valence-electron chi connectivity index (χ2n) is 5.28. The number of hydrogen-bond donors (Lipinski definition) is 1. The monoisotopic (exact) mass is 313 g/mol. The summed E-state index contributed by atoms with van der Waals surface area (Å²) >= 11 is 6.13. The normalized spacial score (nSPS) is 22.0. The molecule has 1 fully saturated rings. The number of nitrogens with zero attached hydrogens (tertiary/aromatic N) is 1. The van der Waals surface area contributed by atoms with Gasteiger partial charge in [0, 0.05) is 18.7 Å². The molecular weight excluding hydrogens is 294 g/mol. The van der Waals surface area contributed by atoms with E-state index in [0.29, 0.717) is 41.6 Å². The average Bonchev–Trinajstić information content (AvgIpc) is 2.48. The standard InChI is InChI=1S/C15H20ClNO4/c1-9-8-17(5-4-12(9)18)15(19)10-6-11(16)14(21-3)13(7-10)20-2/h6-7,9,12,18H,4-5,8H2,1-3H3. The second kappa shape index (κ2) is 6.54. The molecule has 1 N–H and O–H groups in total. The van der Waals surface area contributed by atoms with Crippen LogP contribution in [0.2, 0.25) is 5.02 Å². The number of carbonyl (C=O) groups excluding carboxylic acids is 1. The fraction of sp³-hybridized carbons (Fsp3) is 0.533. The van der Waals surface area contributed by atoms with Crippen molar-refractivity contribution >= 4 is 17.5 Å². The highest BCUT2D eigenvalue weighted by atomic mass is 35.5. The van der Waals surface area contributed by atoms with Gasteiger partial charge in [-0.1, -0.05) is 18.5 Å². The van der Waals surface area contributed by atoms with E-state index in [1.807, 2.05) is 6.92 Å². The van der Waals surface area contributed by atoms with Crippen molar-refractivity contribution in [2.75, 3.05) is 27.3 Å². The molecule has 0 aliphatic carbocycles. The van der Waals surface area contributed by atoms with E-state index in [1.165, 1.54) is 14.2 Å². The molecule has 116 valence electrons. The second-order valence-corrected chi connectivity index (χ2v) is 5.69. The Kier molecular flexibility index (Phi) is 4.96. The number of benzene rings is 1. The minimum absolute atomic E-state index is 0.0679. The molecule has 2 atom stereocenters. The summed E-state index contributed by atoms with van der Waals surface area (Å²) in [6.45, 7) is 3.01. The first-order valence-electron chi connectivity index (χ1n) is 6.86. The predicted octanol–water partition coefficient (Wildman–Crippen LogP) is 2.20. The lowest BCUT2D eigenvalue weighted by atomic mass is 9.96. The van der Waals surface area contributed by atoms with Crippen molar-refractivity contribution in [1.29, 1.82) is 0 Å². The van der Waals surface area contributed by atoms with Crippen LogP contribution in [0.3, 0.4) is 0 Å². The molecule has 6 heteroatoms. The molecule has 1 aliphatic heterocycles. The largest absolute Gasteiger partial charge is 0.493 e. The Labute approximate surface area is 129 Å². The fourth-order valence-corrected chi connectivity index (χ4v) is 2.83. The van der Waals surface area contributed by atoms with Crippen LogP contribution in [0.4, 0.5) is 0 Å². The molecular formula is C15H20ClNO4. The zero-order chi connectivity index (χ0) is 15.6. The van der Waals surface area contributed by atoms with Crippen molar-refractivity contribution < 1.29 is 19.4 Å². The first-order valence-corrected chi connectivity index (χ1v) is 7.24. The smallest absolute Gasteiger partial charge is 0.254 e. The van der Waals surface area contributed by atoms with E-state index < -0.39 is 0 Å². The molecule has 0 bridgehead atoms. The van der Waals surface area contributed by atoms with E-state index in [-0.39, 0.29) is 17.9 Å². The number of halogens is 1. The van der Waals surface area contributed by atoms with Crippen LogP contribution in [-0.2, 0) is 0 Å². The van der Waals surface area contributed by atoms with Crippen molar-refractivity contribution in [3.8, 4) is 11.5 Å². The third kappa shape index (κ3) is 3.24. The number of aliphatic hydroxyl groups is 1. The SMILES string of the molecule is COc1cc(C(=O)N2CCC(O)C(C)C2)cc(Cl)c1OC. The van der Waals surface area contributed by atoms with Crippen LogP contribution in [0.5, 0.6) is 11.5 Å². The van der Waals surface area contributed by atoms with Gasteiger partial charge in [0.1, 0.15) is 0 Å². The number of hydrogen-bond acceptors (Lipinski definition) is 4. The molecule has 1 saturated heterocycles. The van der Waals surface area contributed by atoms with Gasteiger partial charge in [-0.2, -0.15) is 0 Å². The number of likely N-dealkylation sites (tertiary alicyclic amines) is 1. The third-order valence-electron chi connectivity index (χ3n) is 3.83. The van der Waals surface area contributed by atoms with Crippen LogP contribution in [0.25, 0.3) is 0 Å². The molecule has 0 saturated carbocycles. The Morgan fingerprint density at radius 3 is 2.67 bits per heavy atom. The predicted molar refractivity (Wildman–Crippen MR) is 80.2 cm³/mol. The highest BCUT2D eigenvalue weighted by Crippen LogP contribution is 2.36. The van der Waals surface area contributed by atoms with Gasteiger partial charge in [0.05, 0.1) is 25.3 Å². The summed E-state index contributed by atoms with van der Waals surface area (Å²) in [5.74, 6) is 0.798. The molecule has 2 unspecified atom stereocenters. The summed E-state index contributed by atoms with van der Waals surface area (Å²) in [4.78, 5) is 14.3. The van der Waals surface area contributed by atoms with E-state index in [1.54, 1.807) is 17.0 Å². The number of ether oxygens (including phenoxy) is 2. The van der Waals surface area contributed by atoms with Crippen molar-refractivity contribution in [2.45, 2.75) is 19.4 Å². The molecule has 0 radical (unpaired) electrons. The van der Waals surface area contributed by atoms with Gasteiger partial charge in [0.15, 0.2) is 11.5 Å². The third-order valence-corrected chi connectivity index (χ3v) is 4.11. The van der Waals surface area contributed by atoms with Crippen LogP contribution in [0, 0.1) is 5.92 Å². The van der Waals surface area contributed by atoms with E-state index in [4.69, 9.17) is 21.1 Å². The molecule has 0 spiro atoms.